The number of halogens is 1. The van der Waals surface area contributed by atoms with Crippen molar-refractivity contribution in [1.29, 1.82) is 0 Å². The molecule has 0 bridgehead atoms. The summed E-state index contributed by atoms with van der Waals surface area (Å²) in [6.45, 7) is 0.880. The van der Waals surface area contributed by atoms with Crippen molar-refractivity contribution in [2.24, 2.45) is 5.10 Å². The second-order valence-electron chi connectivity index (χ2n) is 3.06. The Morgan fingerprint density at radius 1 is 1.50 bits per heavy atom. The molecule has 0 saturated heterocycles. The normalized spacial score (nSPS) is 14.9. The number of methoxy groups -OCH3 is 1. The minimum atomic E-state index is 0.704. The van der Waals surface area contributed by atoms with Crippen LogP contribution in [0.25, 0.3) is 0 Å². The van der Waals surface area contributed by atoms with Crippen molar-refractivity contribution < 1.29 is 4.74 Å². The molecule has 0 saturated carbocycles. The van der Waals surface area contributed by atoms with Gasteiger partial charge in [-0.25, -0.2) is 0 Å². The molecule has 1 heterocycles. The van der Waals surface area contributed by atoms with Gasteiger partial charge in [0.05, 0.1) is 12.8 Å². The molecule has 1 N–H and O–H groups in total. The third kappa shape index (κ3) is 1.68. The SMILES string of the molecule is COc1ccc(Cl)cc1C1=NNCC1. The van der Waals surface area contributed by atoms with Gasteiger partial charge in [-0.3, -0.25) is 0 Å². The van der Waals surface area contributed by atoms with Crippen LogP contribution in [0.15, 0.2) is 23.3 Å². The van der Waals surface area contributed by atoms with Gasteiger partial charge in [0.25, 0.3) is 0 Å². The van der Waals surface area contributed by atoms with Gasteiger partial charge in [-0.15, -0.1) is 0 Å². The number of hydrogen-bond acceptors (Lipinski definition) is 3. The first-order valence-corrected chi connectivity index (χ1v) is 4.82. The zero-order valence-corrected chi connectivity index (χ0v) is 8.64. The van der Waals surface area contributed by atoms with E-state index < -0.39 is 0 Å². The second kappa shape index (κ2) is 3.88. The average molecular weight is 211 g/mol. The smallest absolute Gasteiger partial charge is 0.128 e. The number of hydrogen-bond donors (Lipinski definition) is 1. The van der Waals surface area contributed by atoms with Crippen LogP contribution >= 0.6 is 11.6 Å². The van der Waals surface area contributed by atoms with Gasteiger partial charge >= 0.3 is 0 Å². The standard InChI is InChI=1S/C10H11ClN2O/c1-14-10-3-2-7(11)6-8(10)9-4-5-12-13-9/h2-3,6,12H,4-5H2,1H3. The zero-order chi connectivity index (χ0) is 9.97. The van der Waals surface area contributed by atoms with Crippen LogP contribution in [0.3, 0.4) is 0 Å². The first-order valence-electron chi connectivity index (χ1n) is 4.44. The van der Waals surface area contributed by atoms with Crippen LogP contribution in [0.2, 0.25) is 5.02 Å². The molecule has 1 aromatic carbocycles. The predicted molar refractivity (Wildman–Crippen MR) is 57.2 cm³/mol. The Kier molecular flexibility index (Phi) is 2.59. The van der Waals surface area contributed by atoms with Gasteiger partial charge in [0, 0.05) is 23.6 Å². The highest BCUT2D eigenvalue weighted by Crippen LogP contribution is 2.24. The van der Waals surface area contributed by atoms with Gasteiger partial charge in [0.15, 0.2) is 0 Å². The summed E-state index contributed by atoms with van der Waals surface area (Å²) in [6.07, 6.45) is 0.913. The van der Waals surface area contributed by atoms with Crippen molar-refractivity contribution in [3.63, 3.8) is 0 Å². The van der Waals surface area contributed by atoms with Crippen LogP contribution in [-0.4, -0.2) is 19.4 Å². The number of nitrogens with zero attached hydrogens (tertiary/aromatic N) is 1. The Hall–Kier alpha value is -1.22. The minimum absolute atomic E-state index is 0.704. The monoisotopic (exact) mass is 210 g/mol. The van der Waals surface area contributed by atoms with E-state index in [0.717, 1.165) is 30.0 Å². The molecule has 0 aliphatic carbocycles. The fraction of sp³-hybridized carbons (Fsp3) is 0.300. The maximum atomic E-state index is 5.92. The molecule has 4 heteroatoms. The molecule has 0 aromatic heterocycles. The van der Waals surface area contributed by atoms with Gasteiger partial charge in [-0.2, -0.15) is 5.10 Å². The van der Waals surface area contributed by atoms with Crippen molar-refractivity contribution in [3.8, 4) is 5.75 Å². The van der Waals surface area contributed by atoms with Crippen LogP contribution in [0.5, 0.6) is 5.75 Å². The number of rotatable bonds is 2. The third-order valence-corrected chi connectivity index (χ3v) is 2.40. The van der Waals surface area contributed by atoms with Crippen molar-refractivity contribution >= 4 is 17.3 Å². The summed E-state index contributed by atoms with van der Waals surface area (Å²) in [6, 6.07) is 5.55. The molecule has 0 spiro atoms. The average Bonchev–Trinajstić information content (AvgIpc) is 2.70. The maximum absolute atomic E-state index is 5.92. The molecule has 0 unspecified atom stereocenters. The van der Waals surface area contributed by atoms with Gasteiger partial charge in [-0.1, -0.05) is 11.6 Å². The van der Waals surface area contributed by atoms with Crippen molar-refractivity contribution in [1.82, 2.24) is 5.43 Å². The summed E-state index contributed by atoms with van der Waals surface area (Å²) < 4.78 is 5.25. The van der Waals surface area contributed by atoms with E-state index in [1.165, 1.54) is 0 Å². The topological polar surface area (TPSA) is 33.6 Å². The Morgan fingerprint density at radius 2 is 2.36 bits per heavy atom. The number of hydrazone groups is 1. The van der Waals surface area contributed by atoms with Gasteiger partial charge in [0.1, 0.15) is 5.75 Å². The molecule has 3 nitrogen and oxygen atoms in total. The van der Waals surface area contributed by atoms with Gasteiger partial charge < -0.3 is 10.2 Å². The summed E-state index contributed by atoms with van der Waals surface area (Å²) in [4.78, 5) is 0. The molecule has 2 rings (SSSR count). The Bertz CT molecular complexity index is 376. The fourth-order valence-corrected chi connectivity index (χ4v) is 1.65. The third-order valence-electron chi connectivity index (χ3n) is 2.16. The number of nitrogens with one attached hydrogen (secondary N) is 1. The molecule has 0 fully saturated rings. The number of ether oxygens (including phenoxy) is 1. The van der Waals surface area contributed by atoms with Crippen LogP contribution < -0.4 is 10.2 Å². The highest BCUT2D eigenvalue weighted by Gasteiger charge is 2.13. The van der Waals surface area contributed by atoms with Crippen molar-refractivity contribution in [2.75, 3.05) is 13.7 Å². The van der Waals surface area contributed by atoms with E-state index in [1.807, 2.05) is 18.2 Å². The van der Waals surface area contributed by atoms with E-state index in [9.17, 15) is 0 Å². The fourth-order valence-electron chi connectivity index (χ4n) is 1.48. The predicted octanol–water partition coefficient (Wildman–Crippen LogP) is 2.05. The Morgan fingerprint density at radius 3 is 3.00 bits per heavy atom. The van der Waals surface area contributed by atoms with Gasteiger partial charge in [0.2, 0.25) is 0 Å². The summed E-state index contributed by atoms with van der Waals surface area (Å²) in [7, 11) is 1.65. The lowest BCUT2D eigenvalue weighted by atomic mass is 10.1. The van der Waals surface area contributed by atoms with Crippen LogP contribution in [0, 0.1) is 0 Å². The lowest BCUT2D eigenvalue weighted by Crippen LogP contribution is -2.00. The van der Waals surface area contributed by atoms with Crippen LogP contribution in [-0.2, 0) is 0 Å². The zero-order valence-electron chi connectivity index (χ0n) is 7.88. The van der Waals surface area contributed by atoms with E-state index in [1.54, 1.807) is 7.11 Å². The molecule has 0 radical (unpaired) electrons. The molecular formula is C10H11ClN2O. The first kappa shape index (κ1) is 9.34. The maximum Gasteiger partial charge on any atom is 0.128 e. The van der Waals surface area contributed by atoms with Crippen molar-refractivity contribution in [3.05, 3.63) is 28.8 Å². The molecule has 1 aliphatic heterocycles. The largest absolute Gasteiger partial charge is 0.496 e. The first-order chi connectivity index (χ1) is 6.81. The lowest BCUT2D eigenvalue weighted by molar-refractivity contribution is 0.414. The molecule has 14 heavy (non-hydrogen) atoms. The molecule has 0 atom stereocenters. The van der Waals surface area contributed by atoms with E-state index in [0.29, 0.717) is 5.02 Å². The highest BCUT2D eigenvalue weighted by molar-refractivity contribution is 6.31. The van der Waals surface area contributed by atoms with E-state index in [-0.39, 0.29) is 0 Å². The Labute approximate surface area is 87.7 Å². The van der Waals surface area contributed by atoms with Crippen molar-refractivity contribution in [2.45, 2.75) is 6.42 Å². The summed E-state index contributed by atoms with van der Waals surface area (Å²) in [5.74, 6) is 0.817. The summed E-state index contributed by atoms with van der Waals surface area (Å²) in [5.41, 5.74) is 4.91. The second-order valence-corrected chi connectivity index (χ2v) is 3.50. The van der Waals surface area contributed by atoms with Gasteiger partial charge in [-0.05, 0) is 18.2 Å². The highest BCUT2D eigenvalue weighted by atomic mass is 35.5. The lowest BCUT2D eigenvalue weighted by Gasteiger charge is -2.07. The van der Waals surface area contributed by atoms with Crippen LogP contribution in [0.4, 0.5) is 0 Å². The summed E-state index contributed by atoms with van der Waals surface area (Å²) in [5, 5.41) is 4.89. The minimum Gasteiger partial charge on any atom is -0.496 e. The summed E-state index contributed by atoms with van der Waals surface area (Å²) >= 11 is 5.92. The molecule has 1 aliphatic rings. The molecule has 1 aromatic rings. The molecular weight excluding hydrogens is 200 g/mol. The molecule has 0 amide bonds. The van der Waals surface area contributed by atoms with E-state index >= 15 is 0 Å². The Balaban J connectivity index is 2.43. The van der Waals surface area contributed by atoms with E-state index in [2.05, 4.69) is 10.5 Å². The number of benzene rings is 1. The molecule has 74 valence electrons. The van der Waals surface area contributed by atoms with Crippen LogP contribution in [0.1, 0.15) is 12.0 Å². The quantitative estimate of drug-likeness (QED) is 0.811. The van der Waals surface area contributed by atoms with E-state index in [4.69, 9.17) is 16.3 Å².